The molecule has 3 nitrogen and oxygen atoms in total. The molecule has 0 heterocycles. The van der Waals surface area contributed by atoms with Crippen LogP contribution < -0.4 is 0 Å². The summed E-state index contributed by atoms with van der Waals surface area (Å²) in [6.07, 6.45) is -0.206. The van der Waals surface area contributed by atoms with Crippen LogP contribution in [0.2, 0.25) is 0 Å². The van der Waals surface area contributed by atoms with Gasteiger partial charge in [-0.25, -0.2) is 0 Å². The van der Waals surface area contributed by atoms with E-state index in [0.717, 1.165) is 0 Å². The maximum atomic E-state index is 8.33. The van der Waals surface area contributed by atoms with E-state index in [1.807, 2.05) is 0 Å². The van der Waals surface area contributed by atoms with E-state index in [2.05, 4.69) is 0 Å². The predicted octanol–water partition coefficient (Wildman–Crippen LogP) is -0.462. The van der Waals surface area contributed by atoms with Crippen LogP contribution in [0, 0.1) is 6.61 Å². The second kappa shape index (κ2) is 5.03. The fraction of sp³-hybridized carbons (Fsp3) is 0.800. The van der Waals surface area contributed by atoms with Gasteiger partial charge in [-0.3, -0.25) is 0 Å². The highest BCUT2D eigenvalue weighted by molar-refractivity contribution is 4.50. The van der Waals surface area contributed by atoms with Crippen LogP contribution in [-0.4, -0.2) is 29.5 Å². The Morgan fingerprint density at radius 3 is 2.62 bits per heavy atom. The lowest BCUT2D eigenvalue weighted by Gasteiger charge is -2.05. The minimum absolute atomic E-state index is 0.0174. The van der Waals surface area contributed by atoms with Crippen molar-refractivity contribution in [2.24, 2.45) is 0 Å². The molecule has 1 radical (unpaired) electrons. The summed E-state index contributed by atoms with van der Waals surface area (Å²) in [5, 5.41) is 16.5. The number of hydrogen-bond donors (Lipinski definition) is 2. The van der Waals surface area contributed by atoms with Gasteiger partial charge >= 0.3 is 0 Å². The zero-order chi connectivity index (χ0) is 6.41. The minimum atomic E-state index is -0.206. The van der Waals surface area contributed by atoms with E-state index in [1.165, 1.54) is 6.61 Å². The van der Waals surface area contributed by atoms with Crippen LogP contribution in [0.5, 0.6) is 0 Å². The first-order valence-electron chi connectivity index (χ1n) is 2.50. The maximum Gasteiger partial charge on any atom is 0.109 e. The van der Waals surface area contributed by atoms with Crippen molar-refractivity contribution >= 4 is 0 Å². The third-order valence-corrected chi connectivity index (χ3v) is 0.660. The smallest absolute Gasteiger partial charge is 0.109 e. The Bertz CT molecular complexity index is 46.9. The number of hydrogen-bond acceptors (Lipinski definition) is 3. The van der Waals surface area contributed by atoms with E-state index < -0.39 is 0 Å². The minimum Gasteiger partial charge on any atom is -0.394 e. The molecule has 0 bridgehead atoms. The van der Waals surface area contributed by atoms with E-state index in [-0.39, 0.29) is 19.3 Å². The highest BCUT2D eigenvalue weighted by Gasteiger charge is 1.96. The molecule has 0 aliphatic carbocycles. The summed E-state index contributed by atoms with van der Waals surface area (Å²) in [6, 6.07) is 0. The summed E-state index contributed by atoms with van der Waals surface area (Å²) in [5.41, 5.74) is 0. The molecule has 1 atom stereocenters. The topological polar surface area (TPSA) is 49.7 Å². The van der Waals surface area contributed by atoms with Crippen molar-refractivity contribution in [3.8, 4) is 0 Å². The van der Waals surface area contributed by atoms with Crippen molar-refractivity contribution in [2.45, 2.75) is 13.0 Å². The van der Waals surface area contributed by atoms with Gasteiger partial charge in [0.05, 0.1) is 19.3 Å². The Balaban J connectivity index is 2.86. The molecule has 0 spiro atoms. The molecule has 2 N–H and O–H groups in total. The van der Waals surface area contributed by atoms with Crippen molar-refractivity contribution in [1.82, 2.24) is 0 Å². The molecular formula is C5H11O3. The van der Waals surface area contributed by atoms with Gasteiger partial charge in [0.1, 0.15) is 6.61 Å². The van der Waals surface area contributed by atoms with Crippen LogP contribution in [0.25, 0.3) is 0 Å². The van der Waals surface area contributed by atoms with Gasteiger partial charge in [0.25, 0.3) is 0 Å². The summed E-state index contributed by atoms with van der Waals surface area (Å²) in [6.45, 7) is 2.84. The molecule has 0 fully saturated rings. The Hall–Kier alpha value is -0.120. The second-order valence-corrected chi connectivity index (χ2v) is 1.48. The summed E-state index contributed by atoms with van der Waals surface area (Å²) in [7, 11) is 0. The van der Waals surface area contributed by atoms with Crippen LogP contribution in [0.1, 0.15) is 6.92 Å². The highest BCUT2D eigenvalue weighted by Crippen LogP contribution is 1.89. The third-order valence-electron chi connectivity index (χ3n) is 0.660. The number of aliphatic hydroxyl groups is 2. The fourth-order valence-electron chi connectivity index (χ4n) is 0.250. The molecule has 0 saturated carbocycles. The van der Waals surface area contributed by atoms with E-state index in [1.54, 1.807) is 6.92 Å². The molecule has 0 aromatic rings. The lowest BCUT2D eigenvalue weighted by molar-refractivity contribution is 0.0478. The molecule has 3 heteroatoms. The van der Waals surface area contributed by atoms with Crippen LogP contribution in [0.3, 0.4) is 0 Å². The number of ether oxygens (including phenoxy) is 1. The van der Waals surface area contributed by atoms with Gasteiger partial charge < -0.3 is 14.9 Å². The normalized spacial score (nSPS) is 13.9. The van der Waals surface area contributed by atoms with Gasteiger partial charge in [-0.05, 0) is 6.92 Å². The molecule has 1 unspecified atom stereocenters. The standard InChI is InChI=1S/C5H11O3/c1-5(4-7)8-3-2-6/h3,5-7H,2,4H2,1H3. The van der Waals surface area contributed by atoms with E-state index in [4.69, 9.17) is 14.9 Å². The number of aliphatic hydroxyl groups excluding tert-OH is 2. The first-order chi connectivity index (χ1) is 3.81. The lowest BCUT2D eigenvalue weighted by Crippen LogP contribution is -2.11. The van der Waals surface area contributed by atoms with Crippen molar-refractivity contribution < 1.29 is 14.9 Å². The van der Waals surface area contributed by atoms with Crippen LogP contribution in [0.4, 0.5) is 0 Å². The first kappa shape index (κ1) is 7.88. The molecule has 0 aliphatic rings. The maximum absolute atomic E-state index is 8.33. The fourth-order valence-corrected chi connectivity index (χ4v) is 0.250. The summed E-state index contributed by atoms with van der Waals surface area (Å²) in [4.78, 5) is 0. The van der Waals surface area contributed by atoms with Gasteiger partial charge in [0.15, 0.2) is 0 Å². The Kier molecular flexibility index (Phi) is 4.95. The molecule has 0 aromatic heterocycles. The number of rotatable bonds is 4. The van der Waals surface area contributed by atoms with Crippen LogP contribution in [0.15, 0.2) is 0 Å². The average Bonchev–Trinajstić information content (AvgIpc) is 1.83. The molecule has 0 amide bonds. The first-order valence-corrected chi connectivity index (χ1v) is 2.50. The monoisotopic (exact) mass is 119 g/mol. The van der Waals surface area contributed by atoms with E-state index >= 15 is 0 Å². The van der Waals surface area contributed by atoms with Crippen molar-refractivity contribution in [1.29, 1.82) is 0 Å². The lowest BCUT2D eigenvalue weighted by atomic mass is 10.4. The van der Waals surface area contributed by atoms with Crippen molar-refractivity contribution in [2.75, 3.05) is 13.2 Å². The van der Waals surface area contributed by atoms with Crippen molar-refractivity contribution in [3.63, 3.8) is 0 Å². The third kappa shape index (κ3) is 4.05. The highest BCUT2D eigenvalue weighted by atomic mass is 16.5. The summed E-state index contributed by atoms with van der Waals surface area (Å²) >= 11 is 0. The summed E-state index contributed by atoms with van der Waals surface area (Å²) in [5.74, 6) is 0. The Morgan fingerprint density at radius 2 is 2.25 bits per heavy atom. The van der Waals surface area contributed by atoms with Gasteiger partial charge in [0.2, 0.25) is 0 Å². The molecule has 0 aromatic carbocycles. The molecular weight excluding hydrogens is 108 g/mol. The van der Waals surface area contributed by atoms with Crippen LogP contribution in [-0.2, 0) is 4.74 Å². The summed E-state index contributed by atoms with van der Waals surface area (Å²) < 4.78 is 4.72. The van der Waals surface area contributed by atoms with Gasteiger partial charge in [-0.2, -0.15) is 0 Å². The van der Waals surface area contributed by atoms with E-state index in [0.29, 0.717) is 0 Å². The van der Waals surface area contributed by atoms with Crippen molar-refractivity contribution in [3.05, 3.63) is 6.61 Å². The molecule has 49 valence electrons. The predicted molar refractivity (Wildman–Crippen MR) is 29.0 cm³/mol. The Labute approximate surface area is 48.9 Å². The van der Waals surface area contributed by atoms with Gasteiger partial charge in [-0.1, -0.05) is 0 Å². The van der Waals surface area contributed by atoms with Gasteiger partial charge in [0, 0.05) is 0 Å². The Morgan fingerprint density at radius 1 is 1.62 bits per heavy atom. The van der Waals surface area contributed by atoms with E-state index in [9.17, 15) is 0 Å². The molecule has 0 aliphatic heterocycles. The van der Waals surface area contributed by atoms with Crippen LogP contribution >= 0.6 is 0 Å². The molecule has 8 heavy (non-hydrogen) atoms. The zero-order valence-electron chi connectivity index (χ0n) is 4.87. The zero-order valence-corrected chi connectivity index (χ0v) is 4.87. The molecule has 0 saturated heterocycles. The quantitative estimate of drug-likeness (QED) is 0.526. The average molecular weight is 119 g/mol. The SMILES string of the molecule is CC(CO)O[CH]CO. The van der Waals surface area contributed by atoms with Gasteiger partial charge in [-0.15, -0.1) is 0 Å². The second-order valence-electron chi connectivity index (χ2n) is 1.48. The molecule has 0 rings (SSSR count). The largest absolute Gasteiger partial charge is 0.394 e.